The Balaban J connectivity index is 1.86. The first-order chi connectivity index (χ1) is 10.1. The minimum atomic E-state index is -0.192. The molecule has 0 aliphatic rings. The predicted octanol–water partition coefficient (Wildman–Crippen LogP) is 3.22. The fraction of sp³-hybridized carbons (Fsp3) is 0.250. The van der Waals surface area contributed by atoms with Gasteiger partial charge in [-0.05, 0) is 55.8 Å². The van der Waals surface area contributed by atoms with E-state index in [1.165, 1.54) is 5.56 Å². The van der Waals surface area contributed by atoms with E-state index in [2.05, 4.69) is 20.9 Å². The Labute approximate surface area is 124 Å². The maximum absolute atomic E-state index is 11.6. The molecule has 0 unspecified atom stereocenters. The Morgan fingerprint density at radius 1 is 1.05 bits per heavy atom. The SMILES string of the molecule is CC(C)NC(=O)Nc1ccc(NCc2ccncc2)cc1. The third kappa shape index (κ3) is 5.14. The van der Waals surface area contributed by atoms with Crippen LogP contribution in [0.15, 0.2) is 48.8 Å². The van der Waals surface area contributed by atoms with Gasteiger partial charge in [0.2, 0.25) is 0 Å². The molecule has 21 heavy (non-hydrogen) atoms. The summed E-state index contributed by atoms with van der Waals surface area (Å²) in [4.78, 5) is 15.6. The number of amides is 2. The number of hydrogen-bond acceptors (Lipinski definition) is 3. The van der Waals surface area contributed by atoms with Gasteiger partial charge in [-0.1, -0.05) is 0 Å². The summed E-state index contributed by atoms with van der Waals surface area (Å²) in [5.74, 6) is 0. The van der Waals surface area contributed by atoms with Gasteiger partial charge in [0.15, 0.2) is 0 Å². The van der Waals surface area contributed by atoms with Gasteiger partial charge >= 0.3 is 6.03 Å². The van der Waals surface area contributed by atoms with Crippen molar-refractivity contribution in [3.05, 3.63) is 54.4 Å². The summed E-state index contributed by atoms with van der Waals surface area (Å²) in [6.07, 6.45) is 3.55. The fourth-order valence-electron chi connectivity index (χ4n) is 1.81. The van der Waals surface area contributed by atoms with Crippen molar-refractivity contribution in [3.8, 4) is 0 Å². The van der Waals surface area contributed by atoms with Crippen LogP contribution in [0, 0.1) is 0 Å². The molecular weight excluding hydrogens is 264 g/mol. The first-order valence-electron chi connectivity index (χ1n) is 6.94. The van der Waals surface area contributed by atoms with Crippen LogP contribution >= 0.6 is 0 Å². The summed E-state index contributed by atoms with van der Waals surface area (Å²) in [6, 6.07) is 11.5. The monoisotopic (exact) mass is 284 g/mol. The second-order valence-electron chi connectivity index (χ2n) is 5.04. The highest BCUT2D eigenvalue weighted by molar-refractivity contribution is 5.89. The van der Waals surface area contributed by atoms with E-state index in [1.807, 2.05) is 50.2 Å². The number of benzene rings is 1. The van der Waals surface area contributed by atoms with Gasteiger partial charge in [0.25, 0.3) is 0 Å². The molecule has 5 nitrogen and oxygen atoms in total. The smallest absolute Gasteiger partial charge is 0.319 e. The molecule has 0 aliphatic carbocycles. The highest BCUT2D eigenvalue weighted by Crippen LogP contribution is 2.14. The van der Waals surface area contributed by atoms with Crippen molar-refractivity contribution in [3.63, 3.8) is 0 Å². The minimum Gasteiger partial charge on any atom is -0.381 e. The van der Waals surface area contributed by atoms with E-state index in [9.17, 15) is 4.79 Å². The number of carbonyl (C=O) groups is 1. The maximum atomic E-state index is 11.6. The molecule has 3 N–H and O–H groups in total. The van der Waals surface area contributed by atoms with Gasteiger partial charge in [0, 0.05) is 36.4 Å². The highest BCUT2D eigenvalue weighted by atomic mass is 16.2. The number of carbonyl (C=O) groups excluding carboxylic acids is 1. The van der Waals surface area contributed by atoms with E-state index in [4.69, 9.17) is 0 Å². The van der Waals surface area contributed by atoms with Crippen molar-refractivity contribution < 1.29 is 4.79 Å². The van der Waals surface area contributed by atoms with Crippen LogP contribution in [-0.4, -0.2) is 17.1 Å². The first kappa shape index (κ1) is 14.8. The van der Waals surface area contributed by atoms with Gasteiger partial charge in [-0.3, -0.25) is 4.98 Å². The lowest BCUT2D eigenvalue weighted by atomic mass is 10.2. The number of nitrogens with zero attached hydrogens (tertiary/aromatic N) is 1. The molecule has 0 saturated heterocycles. The molecule has 110 valence electrons. The van der Waals surface area contributed by atoms with Gasteiger partial charge in [0.05, 0.1) is 0 Å². The van der Waals surface area contributed by atoms with Crippen molar-refractivity contribution >= 4 is 17.4 Å². The fourth-order valence-corrected chi connectivity index (χ4v) is 1.81. The molecule has 1 aromatic heterocycles. The number of rotatable bonds is 5. The Kier molecular flexibility index (Phi) is 5.15. The molecule has 0 aliphatic heterocycles. The number of anilines is 2. The lowest BCUT2D eigenvalue weighted by Crippen LogP contribution is -2.34. The third-order valence-electron chi connectivity index (χ3n) is 2.81. The lowest BCUT2D eigenvalue weighted by molar-refractivity contribution is 0.250. The topological polar surface area (TPSA) is 66.1 Å². The molecule has 5 heteroatoms. The van der Waals surface area contributed by atoms with Crippen LogP contribution in [-0.2, 0) is 6.54 Å². The molecule has 1 heterocycles. The van der Waals surface area contributed by atoms with Crippen molar-refractivity contribution in [1.29, 1.82) is 0 Å². The zero-order valence-corrected chi connectivity index (χ0v) is 12.3. The van der Waals surface area contributed by atoms with E-state index in [-0.39, 0.29) is 12.1 Å². The quantitative estimate of drug-likeness (QED) is 0.789. The van der Waals surface area contributed by atoms with Crippen LogP contribution in [0.4, 0.5) is 16.2 Å². The van der Waals surface area contributed by atoms with Crippen molar-refractivity contribution in [2.75, 3.05) is 10.6 Å². The van der Waals surface area contributed by atoms with E-state index in [0.29, 0.717) is 0 Å². The van der Waals surface area contributed by atoms with Gasteiger partial charge in [-0.25, -0.2) is 4.79 Å². The molecule has 2 rings (SSSR count). The van der Waals surface area contributed by atoms with E-state index < -0.39 is 0 Å². The summed E-state index contributed by atoms with van der Waals surface area (Å²) in [5.41, 5.74) is 2.94. The van der Waals surface area contributed by atoms with Crippen LogP contribution in [0.25, 0.3) is 0 Å². The van der Waals surface area contributed by atoms with Crippen LogP contribution < -0.4 is 16.0 Å². The molecule has 2 aromatic rings. The Hall–Kier alpha value is -2.56. The summed E-state index contributed by atoms with van der Waals surface area (Å²) in [5, 5.41) is 8.89. The predicted molar refractivity (Wildman–Crippen MR) is 85.3 cm³/mol. The lowest BCUT2D eigenvalue weighted by Gasteiger charge is -2.11. The van der Waals surface area contributed by atoms with Gasteiger partial charge in [0.1, 0.15) is 0 Å². The largest absolute Gasteiger partial charge is 0.381 e. The van der Waals surface area contributed by atoms with Crippen molar-refractivity contribution in [2.45, 2.75) is 26.4 Å². The van der Waals surface area contributed by atoms with Crippen LogP contribution in [0.2, 0.25) is 0 Å². The number of nitrogens with one attached hydrogen (secondary N) is 3. The second kappa shape index (κ2) is 7.28. The van der Waals surface area contributed by atoms with E-state index in [0.717, 1.165) is 17.9 Å². The standard InChI is InChI=1S/C16H20N4O/c1-12(2)19-16(21)20-15-5-3-14(4-6-15)18-11-13-7-9-17-10-8-13/h3-10,12,18H,11H2,1-2H3,(H2,19,20,21). The first-order valence-corrected chi connectivity index (χ1v) is 6.94. The molecule has 2 amide bonds. The third-order valence-corrected chi connectivity index (χ3v) is 2.81. The normalized spacial score (nSPS) is 10.2. The molecule has 0 atom stereocenters. The molecule has 0 radical (unpaired) electrons. The van der Waals surface area contributed by atoms with Crippen molar-refractivity contribution in [1.82, 2.24) is 10.3 Å². The Morgan fingerprint density at radius 2 is 1.67 bits per heavy atom. The van der Waals surface area contributed by atoms with Gasteiger partial charge < -0.3 is 16.0 Å². The van der Waals surface area contributed by atoms with Gasteiger partial charge in [-0.15, -0.1) is 0 Å². The van der Waals surface area contributed by atoms with Gasteiger partial charge in [-0.2, -0.15) is 0 Å². The summed E-state index contributed by atoms with van der Waals surface area (Å²) in [6.45, 7) is 4.58. The molecular formula is C16H20N4O. The average molecular weight is 284 g/mol. The van der Waals surface area contributed by atoms with E-state index >= 15 is 0 Å². The van der Waals surface area contributed by atoms with Crippen molar-refractivity contribution in [2.24, 2.45) is 0 Å². The number of aromatic nitrogens is 1. The zero-order chi connectivity index (χ0) is 15.1. The molecule has 0 saturated carbocycles. The molecule has 1 aromatic carbocycles. The average Bonchev–Trinajstić information content (AvgIpc) is 2.47. The number of hydrogen-bond donors (Lipinski definition) is 3. The number of pyridine rings is 1. The Bertz CT molecular complexity index is 567. The Morgan fingerprint density at radius 3 is 2.29 bits per heavy atom. The molecule has 0 bridgehead atoms. The molecule has 0 fully saturated rings. The zero-order valence-electron chi connectivity index (χ0n) is 12.3. The van der Waals surface area contributed by atoms with Crippen LogP contribution in [0.1, 0.15) is 19.4 Å². The summed E-state index contributed by atoms with van der Waals surface area (Å²) >= 11 is 0. The summed E-state index contributed by atoms with van der Waals surface area (Å²) < 4.78 is 0. The summed E-state index contributed by atoms with van der Waals surface area (Å²) in [7, 11) is 0. The minimum absolute atomic E-state index is 0.117. The maximum Gasteiger partial charge on any atom is 0.319 e. The van der Waals surface area contributed by atoms with Crippen LogP contribution in [0.3, 0.4) is 0 Å². The van der Waals surface area contributed by atoms with Crippen LogP contribution in [0.5, 0.6) is 0 Å². The van der Waals surface area contributed by atoms with E-state index in [1.54, 1.807) is 12.4 Å². The highest BCUT2D eigenvalue weighted by Gasteiger charge is 2.03. The second-order valence-corrected chi connectivity index (χ2v) is 5.04. The number of urea groups is 1. The molecule has 0 spiro atoms.